The van der Waals surface area contributed by atoms with E-state index in [1.54, 1.807) is 23.1 Å². The van der Waals surface area contributed by atoms with E-state index in [1.807, 2.05) is 20.8 Å². The normalized spacial score (nSPS) is 18.7. The monoisotopic (exact) mass is 312 g/mol. The molecule has 2 rings (SSSR count). The Bertz CT molecular complexity index is 528. The number of carbonyl (C=O) groups excluding carboxylic acids is 1. The highest BCUT2D eigenvalue weighted by molar-refractivity contribution is 6.32. The lowest BCUT2D eigenvalue weighted by atomic mass is 10.2. The first-order chi connectivity index (χ1) is 9.74. The first-order valence-electron chi connectivity index (χ1n) is 6.97. The highest BCUT2D eigenvalue weighted by Crippen LogP contribution is 2.27. The zero-order valence-corrected chi connectivity index (χ0v) is 13.3. The number of phenolic OH excluding ortho intramolecular Hbond substituents is 1. The summed E-state index contributed by atoms with van der Waals surface area (Å²) in [6, 6.07) is 5.13. The molecule has 2 N–H and O–H groups in total. The molecule has 0 saturated carbocycles. The summed E-state index contributed by atoms with van der Waals surface area (Å²) in [5.74, 6) is 0.0593. The molecule has 1 atom stereocenters. The van der Waals surface area contributed by atoms with Gasteiger partial charge >= 0.3 is 6.09 Å². The van der Waals surface area contributed by atoms with Crippen molar-refractivity contribution in [2.75, 3.05) is 18.4 Å². The molecule has 0 aromatic heterocycles. The molecule has 1 aromatic rings. The lowest BCUT2D eigenvalue weighted by Crippen LogP contribution is -2.36. The van der Waals surface area contributed by atoms with Crippen LogP contribution in [0.15, 0.2) is 18.2 Å². The molecule has 1 saturated heterocycles. The van der Waals surface area contributed by atoms with Crippen molar-refractivity contribution in [1.82, 2.24) is 4.90 Å². The Morgan fingerprint density at radius 3 is 2.81 bits per heavy atom. The lowest BCUT2D eigenvalue weighted by Gasteiger charge is -2.24. The number of hydrogen-bond donors (Lipinski definition) is 2. The summed E-state index contributed by atoms with van der Waals surface area (Å²) in [6.07, 6.45) is 0.563. The van der Waals surface area contributed by atoms with Crippen LogP contribution >= 0.6 is 11.6 Å². The molecule has 21 heavy (non-hydrogen) atoms. The van der Waals surface area contributed by atoms with Gasteiger partial charge in [0.15, 0.2) is 0 Å². The number of carbonyl (C=O) groups is 1. The standard InChI is InChI=1S/C15H21ClN2O3/c1-15(2,3)21-14(20)18-7-6-11(9-18)17-10-4-5-13(19)12(16)8-10/h4-5,8,11,17,19H,6-7,9H2,1-3H3. The largest absolute Gasteiger partial charge is 0.506 e. The number of nitrogens with one attached hydrogen (secondary N) is 1. The van der Waals surface area contributed by atoms with Crippen molar-refractivity contribution in [2.24, 2.45) is 0 Å². The Hall–Kier alpha value is -1.62. The van der Waals surface area contributed by atoms with Gasteiger partial charge in [0, 0.05) is 24.8 Å². The Balaban J connectivity index is 1.90. The molecule has 1 aromatic carbocycles. The first-order valence-corrected chi connectivity index (χ1v) is 7.35. The maximum atomic E-state index is 12.0. The van der Waals surface area contributed by atoms with E-state index in [0.717, 1.165) is 12.1 Å². The summed E-state index contributed by atoms with van der Waals surface area (Å²) in [4.78, 5) is 13.7. The molecule has 116 valence electrons. The highest BCUT2D eigenvalue weighted by atomic mass is 35.5. The number of nitrogens with zero attached hydrogens (tertiary/aromatic N) is 1. The first kappa shape index (κ1) is 15.8. The van der Waals surface area contributed by atoms with E-state index in [-0.39, 0.29) is 17.9 Å². The van der Waals surface area contributed by atoms with Gasteiger partial charge in [0.2, 0.25) is 0 Å². The Morgan fingerprint density at radius 1 is 1.48 bits per heavy atom. The maximum Gasteiger partial charge on any atom is 0.410 e. The van der Waals surface area contributed by atoms with Crippen LogP contribution in [0.5, 0.6) is 5.75 Å². The molecule has 0 radical (unpaired) electrons. The summed E-state index contributed by atoms with van der Waals surface area (Å²) in [5.41, 5.74) is 0.349. The third kappa shape index (κ3) is 4.43. The van der Waals surface area contributed by atoms with Gasteiger partial charge in [-0.3, -0.25) is 0 Å². The van der Waals surface area contributed by atoms with Crippen molar-refractivity contribution in [3.05, 3.63) is 23.2 Å². The number of halogens is 1. The van der Waals surface area contributed by atoms with Crippen LogP contribution < -0.4 is 5.32 Å². The smallest absolute Gasteiger partial charge is 0.410 e. The molecule has 1 heterocycles. The fourth-order valence-electron chi connectivity index (χ4n) is 2.20. The zero-order valence-electron chi connectivity index (χ0n) is 12.5. The van der Waals surface area contributed by atoms with Crippen molar-refractivity contribution < 1.29 is 14.6 Å². The van der Waals surface area contributed by atoms with Gasteiger partial charge in [-0.1, -0.05) is 11.6 Å². The van der Waals surface area contributed by atoms with E-state index in [4.69, 9.17) is 16.3 Å². The minimum absolute atomic E-state index is 0.0593. The second kappa shape index (κ2) is 6.02. The number of likely N-dealkylation sites (tertiary alicyclic amines) is 1. The summed E-state index contributed by atoms with van der Waals surface area (Å²) < 4.78 is 5.36. The molecule has 0 spiro atoms. The minimum atomic E-state index is -0.479. The number of rotatable bonds is 2. The van der Waals surface area contributed by atoms with Crippen molar-refractivity contribution in [1.29, 1.82) is 0 Å². The quantitative estimate of drug-likeness (QED) is 0.821. The number of benzene rings is 1. The van der Waals surface area contributed by atoms with E-state index < -0.39 is 5.60 Å². The van der Waals surface area contributed by atoms with Gasteiger partial charge in [-0.15, -0.1) is 0 Å². The number of amides is 1. The molecule has 1 amide bonds. The molecule has 6 heteroatoms. The van der Waals surface area contributed by atoms with Crippen molar-refractivity contribution in [3.63, 3.8) is 0 Å². The van der Waals surface area contributed by atoms with Gasteiger partial charge in [-0.05, 0) is 45.4 Å². The van der Waals surface area contributed by atoms with E-state index in [9.17, 15) is 9.90 Å². The molecule has 1 aliphatic rings. The predicted molar refractivity (Wildman–Crippen MR) is 83.0 cm³/mol. The molecule has 1 aliphatic heterocycles. The van der Waals surface area contributed by atoms with E-state index >= 15 is 0 Å². The van der Waals surface area contributed by atoms with Gasteiger partial charge in [-0.2, -0.15) is 0 Å². The average molecular weight is 313 g/mol. The second-order valence-electron chi connectivity index (χ2n) is 6.22. The van der Waals surface area contributed by atoms with Gasteiger partial charge in [0.1, 0.15) is 11.4 Å². The summed E-state index contributed by atoms with van der Waals surface area (Å²) in [7, 11) is 0. The van der Waals surface area contributed by atoms with Crippen LogP contribution in [-0.4, -0.2) is 40.8 Å². The van der Waals surface area contributed by atoms with E-state index in [1.165, 1.54) is 0 Å². The minimum Gasteiger partial charge on any atom is -0.506 e. The van der Waals surface area contributed by atoms with Crippen molar-refractivity contribution >= 4 is 23.4 Å². The molecular weight excluding hydrogens is 292 g/mol. The third-order valence-electron chi connectivity index (χ3n) is 3.16. The Kier molecular flexibility index (Phi) is 4.52. The van der Waals surface area contributed by atoms with Crippen LogP contribution in [0.4, 0.5) is 10.5 Å². The molecule has 0 aliphatic carbocycles. The SMILES string of the molecule is CC(C)(C)OC(=O)N1CCC(Nc2ccc(O)c(Cl)c2)C1. The number of anilines is 1. The van der Waals surface area contributed by atoms with E-state index in [2.05, 4.69) is 5.32 Å². The van der Waals surface area contributed by atoms with Crippen molar-refractivity contribution in [3.8, 4) is 5.75 Å². The zero-order chi connectivity index (χ0) is 15.6. The lowest BCUT2D eigenvalue weighted by molar-refractivity contribution is 0.0293. The molecule has 5 nitrogen and oxygen atoms in total. The van der Waals surface area contributed by atoms with Crippen LogP contribution in [0.3, 0.4) is 0 Å². The molecular formula is C15H21ClN2O3. The average Bonchev–Trinajstić information content (AvgIpc) is 2.80. The van der Waals surface area contributed by atoms with Gasteiger partial charge in [0.05, 0.1) is 5.02 Å². The van der Waals surface area contributed by atoms with Gasteiger partial charge in [-0.25, -0.2) is 4.79 Å². The number of ether oxygens (including phenoxy) is 1. The van der Waals surface area contributed by atoms with Crippen LogP contribution in [0.1, 0.15) is 27.2 Å². The number of phenols is 1. The number of hydrogen-bond acceptors (Lipinski definition) is 4. The van der Waals surface area contributed by atoms with Crippen LogP contribution in [-0.2, 0) is 4.74 Å². The van der Waals surface area contributed by atoms with Crippen LogP contribution in [0.2, 0.25) is 5.02 Å². The highest BCUT2D eigenvalue weighted by Gasteiger charge is 2.29. The molecule has 0 bridgehead atoms. The summed E-state index contributed by atoms with van der Waals surface area (Å²) >= 11 is 5.88. The fraction of sp³-hybridized carbons (Fsp3) is 0.533. The van der Waals surface area contributed by atoms with E-state index in [0.29, 0.717) is 18.1 Å². The second-order valence-corrected chi connectivity index (χ2v) is 6.63. The van der Waals surface area contributed by atoms with Crippen LogP contribution in [0.25, 0.3) is 0 Å². The summed E-state index contributed by atoms with van der Waals surface area (Å²) in [5, 5.41) is 13.0. The Labute approximate surface area is 129 Å². The molecule has 1 unspecified atom stereocenters. The maximum absolute atomic E-state index is 12.0. The Morgan fingerprint density at radius 2 is 2.19 bits per heavy atom. The van der Waals surface area contributed by atoms with Gasteiger partial charge < -0.3 is 20.1 Å². The molecule has 1 fully saturated rings. The number of aromatic hydroxyl groups is 1. The predicted octanol–water partition coefficient (Wildman–Crippen LogP) is 3.47. The fourth-order valence-corrected chi connectivity index (χ4v) is 2.38. The van der Waals surface area contributed by atoms with Gasteiger partial charge in [0.25, 0.3) is 0 Å². The third-order valence-corrected chi connectivity index (χ3v) is 3.46. The topological polar surface area (TPSA) is 61.8 Å². The van der Waals surface area contributed by atoms with Crippen molar-refractivity contribution in [2.45, 2.75) is 38.8 Å². The summed E-state index contributed by atoms with van der Waals surface area (Å²) in [6.45, 7) is 6.82. The van der Waals surface area contributed by atoms with Crippen LogP contribution in [0, 0.1) is 0 Å².